The Hall–Kier alpha value is -1.60. The van der Waals surface area contributed by atoms with Crippen LogP contribution in [0.1, 0.15) is 18.4 Å². The Labute approximate surface area is 120 Å². The molecule has 1 aliphatic rings. The average molecular weight is 302 g/mol. The summed E-state index contributed by atoms with van der Waals surface area (Å²) in [6.07, 6.45) is -3.24. The molecule has 116 valence electrons. The lowest BCUT2D eigenvalue weighted by molar-refractivity contribution is -0.137. The second-order valence-electron chi connectivity index (χ2n) is 5.15. The Morgan fingerprint density at radius 2 is 2.00 bits per heavy atom. The Morgan fingerprint density at radius 3 is 2.57 bits per heavy atom. The molecule has 2 N–H and O–H groups in total. The quantitative estimate of drug-likeness (QED) is 0.899. The van der Waals surface area contributed by atoms with Gasteiger partial charge in [-0.2, -0.15) is 13.2 Å². The molecule has 1 aromatic carbocycles. The molecular formula is C14H17F3N2O2. The molecule has 1 aromatic rings. The first-order chi connectivity index (χ1) is 9.84. The smallest absolute Gasteiger partial charge is 0.392 e. The highest BCUT2D eigenvalue weighted by Crippen LogP contribution is 2.29. The van der Waals surface area contributed by atoms with Gasteiger partial charge in [-0.1, -0.05) is 0 Å². The van der Waals surface area contributed by atoms with Crippen molar-refractivity contribution < 1.29 is 23.1 Å². The van der Waals surface area contributed by atoms with Crippen LogP contribution in [0.2, 0.25) is 0 Å². The number of nitrogens with zero attached hydrogens (tertiary/aromatic N) is 1. The number of β-amino-alcohol motifs (C(OH)–C–C–N with tert-alkyl or cyclic N) is 1. The summed E-state index contributed by atoms with van der Waals surface area (Å²) in [5.74, 6) is -0.302. The van der Waals surface area contributed by atoms with Crippen molar-refractivity contribution in [3.05, 3.63) is 29.8 Å². The number of carbonyl (C=O) groups excluding carboxylic acids is 1. The molecule has 4 nitrogen and oxygen atoms in total. The van der Waals surface area contributed by atoms with E-state index in [1.165, 1.54) is 12.1 Å². The fourth-order valence-corrected chi connectivity index (χ4v) is 2.32. The maximum atomic E-state index is 12.4. The summed E-state index contributed by atoms with van der Waals surface area (Å²) >= 11 is 0. The van der Waals surface area contributed by atoms with Gasteiger partial charge in [0.1, 0.15) is 0 Å². The topological polar surface area (TPSA) is 52.6 Å². The van der Waals surface area contributed by atoms with Crippen LogP contribution < -0.4 is 5.32 Å². The zero-order valence-electron chi connectivity index (χ0n) is 11.4. The molecule has 1 heterocycles. The Balaban J connectivity index is 1.87. The monoisotopic (exact) mass is 302 g/mol. The number of nitrogens with one attached hydrogen (secondary N) is 1. The van der Waals surface area contributed by atoms with Crippen LogP contribution in [0.15, 0.2) is 24.3 Å². The minimum atomic E-state index is -4.38. The summed E-state index contributed by atoms with van der Waals surface area (Å²) in [6.45, 7) is 1.30. The van der Waals surface area contributed by atoms with Crippen LogP contribution in [-0.4, -0.2) is 41.7 Å². The molecule has 1 unspecified atom stereocenters. The van der Waals surface area contributed by atoms with E-state index in [1.807, 2.05) is 4.90 Å². The molecule has 21 heavy (non-hydrogen) atoms. The SMILES string of the molecule is O=C(CN1CCCC(O)C1)Nc1ccc(C(F)(F)F)cc1. The van der Waals surface area contributed by atoms with Crippen molar-refractivity contribution in [2.75, 3.05) is 25.0 Å². The van der Waals surface area contributed by atoms with Crippen molar-refractivity contribution in [1.82, 2.24) is 4.90 Å². The van der Waals surface area contributed by atoms with Crippen LogP contribution in [0.25, 0.3) is 0 Å². The molecule has 0 saturated carbocycles. The number of aliphatic hydroxyl groups is 1. The number of halogens is 3. The highest BCUT2D eigenvalue weighted by Gasteiger charge is 2.30. The van der Waals surface area contributed by atoms with Crippen LogP contribution in [0.3, 0.4) is 0 Å². The summed E-state index contributed by atoms with van der Waals surface area (Å²) in [4.78, 5) is 13.6. The van der Waals surface area contributed by atoms with Crippen molar-refractivity contribution in [2.45, 2.75) is 25.1 Å². The average Bonchev–Trinajstić information content (AvgIpc) is 2.38. The molecule has 0 bridgehead atoms. The number of hydrogen-bond donors (Lipinski definition) is 2. The van der Waals surface area contributed by atoms with Crippen LogP contribution in [0.5, 0.6) is 0 Å². The first-order valence-electron chi connectivity index (χ1n) is 6.72. The summed E-state index contributed by atoms with van der Waals surface area (Å²) in [7, 11) is 0. The van der Waals surface area contributed by atoms with Gasteiger partial charge in [0, 0.05) is 12.2 Å². The maximum Gasteiger partial charge on any atom is 0.416 e. The van der Waals surface area contributed by atoms with Gasteiger partial charge in [-0.15, -0.1) is 0 Å². The van der Waals surface area contributed by atoms with Crippen molar-refractivity contribution in [1.29, 1.82) is 0 Å². The van der Waals surface area contributed by atoms with Crippen molar-refractivity contribution in [3.63, 3.8) is 0 Å². The van der Waals surface area contributed by atoms with Gasteiger partial charge < -0.3 is 10.4 Å². The van der Waals surface area contributed by atoms with E-state index < -0.39 is 17.8 Å². The number of likely N-dealkylation sites (tertiary alicyclic amines) is 1. The van der Waals surface area contributed by atoms with Gasteiger partial charge in [-0.25, -0.2) is 0 Å². The zero-order valence-corrected chi connectivity index (χ0v) is 11.4. The van der Waals surface area contributed by atoms with Crippen molar-refractivity contribution in [3.8, 4) is 0 Å². The fraction of sp³-hybridized carbons (Fsp3) is 0.500. The molecule has 1 aliphatic heterocycles. The Morgan fingerprint density at radius 1 is 1.33 bits per heavy atom. The van der Waals surface area contributed by atoms with Gasteiger partial charge >= 0.3 is 6.18 Å². The van der Waals surface area contributed by atoms with Crippen LogP contribution >= 0.6 is 0 Å². The Bertz CT molecular complexity index is 488. The second-order valence-corrected chi connectivity index (χ2v) is 5.15. The van der Waals surface area contributed by atoms with E-state index in [9.17, 15) is 23.1 Å². The third-order valence-corrected chi connectivity index (χ3v) is 3.34. The van der Waals surface area contributed by atoms with E-state index in [4.69, 9.17) is 0 Å². The number of piperidine rings is 1. The van der Waals surface area contributed by atoms with Gasteiger partial charge in [0.25, 0.3) is 0 Å². The summed E-state index contributed by atoms with van der Waals surface area (Å²) in [6, 6.07) is 4.32. The third kappa shape index (κ3) is 4.71. The van der Waals surface area contributed by atoms with Crippen molar-refractivity contribution in [2.24, 2.45) is 0 Å². The van der Waals surface area contributed by atoms with E-state index in [1.54, 1.807) is 0 Å². The second kappa shape index (κ2) is 6.44. The molecule has 2 rings (SSSR count). The highest BCUT2D eigenvalue weighted by molar-refractivity contribution is 5.92. The van der Waals surface area contributed by atoms with Crippen molar-refractivity contribution >= 4 is 11.6 Å². The molecule has 1 fully saturated rings. The number of amides is 1. The number of aliphatic hydroxyl groups excluding tert-OH is 1. The lowest BCUT2D eigenvalue weighted by Gasteiger charge is -2.29. The summed E-state index contributed by atoms with van der Waals surface area (Å²) in [5.41, 5.74) is -0.426. The highest BCUT2D eigenvalue weighted by atomic mass is 19.4. The molecule has 0 radical (unpaired) electrons. The lowest BCUT2D eigenvalue weighted by atomic mass is 10.1. The van der Waals surface area contributed by atoms with E-state index in [-0.39, 0.29) is 12.5 Å². The minimum Gasteiger partial charge on any atom is -0.392 e. The van der Waals surface area contributed by atoms with Crippen LogP contribution in [-0.2, 0) is 11.0 Å². The molecule has 0 aliphatic carbocycles. The molecule has 7 heteroatoms. The van der Waals surface area contributed by atoms with Gasteiger partial charge in [0.15, 0.2) is 0 Å². The molecule has 1 amide bonds. The van der Waals surface area contributed by atoms with E-state index in [0.29, 0.717) is 12.2 Å². The number of alkyl halides is 3. The first kappa shape index (κ1) is 15.8. The third-order valence-electron chi connectivity index (χ3n) is 3.34. The molecular weight excluding hydrogens is 285 g/mol. The van der Waals surface area contributed by atoms with E-state index >= 15 is 0 Å². The van der Waals surface area contributed by atoms with Gasteiger partial charge in [0.05, 0.1) is 18.2 Å². The first-order valence-corrected chi connectivity index (χ1v) is 6.72. The standard InChI is InChI=1S/C14H17F3N2O2/c15-14(16,17)10-3-5-11(6-4-10)18-13(21)9-19-7-1-2-12(20)8-19/h3-6,12,20H,1-2,7-9H2,(H,18,21). The molecule has 0 spiro atoms. The number of carbonyl (C=O) groups is 1. The van der Waals surface area contributed by atoms with Crippen LogP contribution in [0.4, 0.5) is 18.9 Å². The molecule has 1 saturated heterocycles. The zero-order chi connectivity index (χ0) is 15.5. The number of hydrogen-bond acceptors (Lipinski definition) is 3. The summed E-state index contributed by atoms with van der Waals surface area (Å²) < 4.78 is 37.2. The van der Waals surface area contributed by atoms with Crippen LogP contribution in [0, 0.1) is 0 Å². The normalized spacial score (nSPS) is 20.3. The number of rotatable bonds is 3. The van der Waals surface area contributed by atoms with Gasteiger partial charge in [0.2, 0.25) is 5.91 Å². The fourth-order valence-electron chi connectivity index (χ4n) is 2.32. The number of benzene rings is 1. The van der Waals surface area contributed by atoms with E-state index in [0.717, 1.165) is 31.5 Å². The molecule has 1 atom stereocenters. The van der Waals surface area contributed by atoms with E-state index in [2.05, 4.69) is 5.32 Å². The largest absolute Gasteiger partial charge is 0.416 e. The minimum absolute atomic E-state index is 0.123. The lowest BCUT2D eigenvalue weighted by Crippen LogP contribution is -2.42. The number of anilines is 1. The van der Waals surface area contributed by atoms with Gasteiger partial charge in [-0.3, -0.25) is 9.69 Å². The predicted molar refractivity (Wildman–Crippen MR) is 71.8 cm³/mol. The summed E-state index contributed by atoms with van der Waals surface area (Å²) in [5, 5.41) is 12.1. The maximum absolute atomic E-state index is 12.4. The predicted octanol–water partition coefficient (Wildman–Crippen LogP) is 2.10. The molecule has 0 aromatic heterocycles. The Kier molecular flexibility index (Phi) is 4.84. The van der Waals surface area contributed by atoms with Gasteiger partial charge in [-0.05, 0) is 43.7 Å².